The highest BCUT2D eigenvalue weighted by atomic mass is 127. The Morgan fingerprint density at radius 1 is 1.14 bits per heavy atom. The van der Waals surface area contributed by atoms with Crippen molar-refractivity contribution in [2.24, 2.45) is 0 Å². The van der Waals surface area contributed by atoms with E-state index in [1.807, 2.05) is 0 Å². The first-order chi connectivity index (χ1) is 10.1. The summed E-state index contributed by atoms with van der Waals surface area (Å²) in [5, 5.41) is 10.5. The van der Waals surface area contributed by atoms with Crippen LogP contribution in [0.4, 0.5) is 0 Å². The lowest BCUT2D eigenvalue weighted by atomic mass is 10.1. The second kappa shape index (κ2) is 5.40. The molecule has 1 N–H and O–H groups in total. The van der Waals surface area contributed by atoms with Gasteiger partial charge in [0, 0.05) is 9.13 Å². The van der Waals surface area contributed by atoms with E-state index in [1.165, 1.54) is 0 Å². The molecule has 1 heterocycles. The van der Waals surface area contributed by atoms with Crippen molar-refractivity contribution in [1.29, 1.82) is 0 Å². The van der Waals surface area contributed by atoms with E-state index in [-0.39, 0.29) is 11.5 Å². The zero-order chi connectivity index (χ0) is 15.0. The highest BCUT2D eigenvalue weighted by Crippen LogP contribution is 2.31. The summed E-state index contributed by atoms with van der Waals surface area (Å²) < 4.78 is 11.8. The molecule has 0 bridgehead atoms. The predicted octanol–water partition coefficient (Wildman–Crippen LogP) is 3.78. The van der Waals surface area contributed by atoms with Gasteiger partial charge >= 0.3 is 0 Å². The van der Waals surface area contributed by atoms with Crippen LogP contribution in [0.1, 0.15) is 0 Å². The second-order valence-electron chi connectivity index (χ2n) is 4.48. The molecule has 1 aromatic heterocycles. The Kier molecular flexibility index (Phi) is 3.59. The topological polar surface area (TPSA) is 59.7 Å². The molecule has 0 atom stereocenters. The zero-order valence-corrected chi connectivity index (χ0v) is 13.2. The van der Waals surface area contributed by atoms with Crippen molar-refractivity contribution in [2.45, 2.75) is 0 Å². The van der Waals surface area contributed by atoms with Crippen molar-refractivity contribution < 1.29 is 14.3 Å². The standard InChI is InChI=1S/C16H11IO4/c1-20-11-5-2-9(3-6-11)16-15(19)14(18)12-7-4-10(17)8-13(12)21-16/h2-8,19H,1H3. The van der Waals surface area contributed by atoms with E-state index >= 15 is 0 Å². The van der Waals surface area contributed by atoms with Gasteiger partial charge < -0.3 is 14.3 Å². The number of methoxy groups -OCH3 is 1. The Bertz CT molecular complexity index is 866. The summed E-state index contributed by atoms with van der Waals surface area (Å²) in [7, 11) is 1.57. The van der Waals surface area contributed by atoms with E-state index in [0.717, 1.165) is 3.57 Å². The fraction of sp³-hybridized carbons (Fsp3) is 0.0625. The van der Waals surface area contributed by atoms with Crippen LogP contribution in [0.3, 0.4) is 0 Å². The summed E-state index contributed by atoms with van der Waals surface area (Å²) in [4.78, 5) is 12.2. The quantitative estimate of drug-likeness (QED) is 0.673. The van der Waals surface area contributed by atoms with E-state index < -0.39 is 5.43 Å². The van der Waals surface area contributed by atoms with Gasteiger partial charge in [-0.15, -0.1) is 0 Å². The Hall–Kier alpha value is -2.02. The number of fused-ring (bicyclic) bond motifs is 1. The number of hydrogen-bond donors (Lipinski definition) is 1. The molecule has 5 heteroatoms. The van der Waals surface area contributed by atoms with Crippen molar-refractivity contribution in [1.82, 2.24) is 0 Å². The van der Waals surface area contributed by atoms with Crippen LogP contribution in [0.15, 0.2) is 51.7 Å². The van der Waals surface area contributed by atoms with Gasteiger partial charge in [0.2, 0.25) is 11.2 Å². The molecule has 3 aromatic rings. The third-order valence-electron chi connectivity index (χ3n) is 3.18. The minimum atomic E-state index is -0.432. The van der Waals surface area contributed by atoms with Crippen LogP contribution >= 0.6 is 22.6 Å². The fourth-order valence-electron chi connectivity index (χ4n) is 2.10. The Labute approximate surface area is 134 Å². The number of hydrogen-bond acceptors (Lipinski definition) is 4. The van der Waals surface area contributed by atoms with Crippen LogP contribution in [0.2, 0.25) is 0 Å². The largest absolute Gasteiger partial charge is 0.502 e. The number of benzene rings is 2. The molecule has 0 saturated carbocycles. The number of halogens is 1. The van der Waals surface area contributed by atoms with Crippen LogP contribution in [-0.4, -0.2) is 12.2 Å². The van der Waals surface area contributed by atoms with Crippen molar-refractivity contribution in [2.75, 3.05) is 7.11 Å². The Morgan fingerprint density at radius 3 is 2.52 bits per heavy atom. The van der Waals surface area contributed by atoms with E-state index in [0.29, 0.717) is 22.3 Å². The first-order valence-electron chi connectivity index (χ1n) is 6.20. The summed E-state index contributed by atoms with van der Waals surface area (Å²) in [6.07, 6.45) is 0. The molecule has 21 heavy (non-hydrogen) atoms. The summed E-state index contributed by atoms with van der Waals surface area (Å²) in [5.41, 5.74) is 0.639. The average Bonchev–Trinajstić information content (AvgIpc) is 2.51. The second-order valence-corrected chi connectivity index (χ2v) is 5.72. The molecule has 0 radical (unpaired) electrons. The van der Waals surface area contributed by atoms with Crippen LogP contribution < -0.4 is 10.2 Å². The Balaban J connectivity index is 2.26. The predicted molar refractivity (Wildman–Crippen MR) is 88.9 cm³/mol. The lowest BCUT2D eigenvalue weighted by Gasteiger charge is -2.07. The lowest BCUT2D eigenvalue weighted by Crippen LogP contribution is -2.02. The maximum Gasteiger partial charge on any atom is 0.235 e. The summed E-state index contributed by atoms with van der Waals surface area (Å²) >= 11 is 2.14. The number of rotatable bonds is 2. The first kappa shape index (κ1) is 13.9. The highest BCUT2D eigenvalue weighted by molar-refractivity contribution is 14.1. The minimum Gasteiger partial charge on any atom is -0.502 e. The lowest BCUT2D eigenvalue weighted by molar-refractivity contribution is 0.414. The third kappa shape index (κ3) is 2.49. The van der Waals surface area contributed by atoms with E-state index in [2.05, 4.69) is 22.6 Å². The van der Waals surface area contributed by atoms with Crippen LogP contribution in [-0.2, 0) is 0 Å². The van der Waals surface area contributed by atoms with Gasteiger partial charge in [-0.2, -0.15) is 0 Å². The van der Waals surface area contributed by atoms with Crippen LogP contribution in [0.25, 0.3) is 22.3 Å². The van der Waals surface area contributed by atoms with Crippen molar-refractivity contribution in [3.05, 3.63) is 56.3 Å². The molecule has 0 aliphatic heterocycles. The minimum absolute atomic E-state index is 0.164. The normalized spacial score (nSPS) is 10.8. The van der Waals surface area contributed by atoms with Gasteiger partial charge in [0.05, 0.1) is 12.5 Å². The van der Waals surface area contributed by atoms with Crippen molar-refractivity contribution in [3.8, 4) is 22.8 Å². The highest BCUT2D eigenvalue weighted by Gasteiger charge is 2.15. The monoisotopic (exact) mass is 394 g/mol. The maximum absolute atomic E-state index is 12.2. The molecule has 0 spiro atoms. The summed E-state index contributed by atoms with van der Waals surface area (Å²) in [6.45, 7) is 0. The van der Waals surface area contributed by atoms with Crippen molar-refractivity contribution in [3.63, 3.8) is 0 Å². The SMILES string of the molecule is COc1ccc(-c2oc3cc(I)ccc3c(=O)c2O)cc1. The molecule has 0 fully saturated rings. The molecule has 0 saturated heterocycles. The Morgan fingerprint density at radius 2 is 1.86 bits per heavy atom. The van der Waals surface area contributed by atoms with Gasteiger partial charge in [0.25, 0.3) is 0 Å². The van der Waals surface area contributed by atoms with Crippen LogP contribution in [0.5, 0.6) is 11.5 Å². The molecular formula is C16H11IO4. The molecule has 0 unspecified atom stereocenters. The molecule has 2 aromatic carbocycles. The van der Waals surface area contributed by atoms with Gasteiger partial charge in [-0.25, -0.2) is 0 Å². The molecular weight excluding hydrogens is 383 g/mol. The van der Waals surface area contributed by atoms with E-state index in [4.69, 9.17) is 9.15 Å². The number of aromatic hydroxyl groups is 1. The molecule has 3 rings (SSSR count). The third-order valence-corrected chi connectivity index (χ3v) is 3.85. The molecule has 106 valence electrons. The smallest absolute Gasteiger partial charge is 0.235 e. The van der Waals surface area contributed by atoms with E-state index in [1.54, 1.807) is 49.6 Å². The summed E-state index contributed by atoms with van der Waals surface area (Å²) in [5.74, 6) is 0.474. The van der Waals surface area contributed by atoms with Gasteiger partial charge in [-0.3, -0.25) is 4.79 Å². The molecule has 4 nitrogen and oxygen atoms in total. The van der Waals surface area contributed by atoms with Gasteiger partial charge in [0.15, 0.2) is 5.76 Å². The van der Waals surface area contributed by atoms with Gasteiger partial charge in [0.1, 0.15) is 11.3 Å². The maximum atomic E-state index is 12.2. The van der Waals surface area contributed by atoms with E-state index in [9.17, 15) is 9.90 Å². The first-order valence-corrected chi connectivity index (χ1v) is 7.28. The summed E-state index contributed by atoms with van der Waals surface area (Å²) in [6, 6.07) is 12.2. The van der Waals surface area contributed by atoms with Crippen molar-refractivity contribution >= 4 is 33.6 Å². The molecule has 0 amide bonds. The van der Waals surface area contributed by atoms with Gasteiger partial charge in [-0.05, 0) is 65.1 Å². The van der Waals surface area contributed by atoms with Crippen LogP contribution in [0, 0.1) is 3.57 Å². The zero-order valence-electron chi connectivity index (χ0n) is 11.1. The van der Waals surface area contributed by atoms with Gasteiger partial charge in [-0.1, -0.05) is 0 Å². The number of ether oxygens (including phenoxy) is 1. The molecule has 0 aliphatic carbocycles. The molecule has 0 aliphatic rings. The average molecular weight is 394 g/mol. The fourth-order valence-corrected chi connectivity index (χ4v) is 2.56.